The van der Waals surface area contributed by atoms with E-state index in [1.165, 1.54) is 6.92 Å². The zero-order chi connectivity index (χ0) is 9.30. The number of carbonyl (C=O) groups is 1. The van der Waals surface area contributed by atoms with Gasteiger partial charge in [0, 0.05) is 4.92 Å². The molecule has 1 heterocycles. The molecule has 7 heteroatoms. The fourth-order valence-corrected chi connectivity index (χ4v) is 1.02. The minimum absolute atomic E-state index is 0.0602. The number of nitrogens with zero attached hydrogens (tertiary/aromatic N) is 3. The highest BCUT2D eigenvalue weighted by Crippen LogP contribution is 2.06. The summed E-state index contributed by atoms with van der Waals surface area (Å²) in [7, 11) is 0. The lowest BCUT2D eigenvalue weighted by Gasteiger charge is -2.08. The third-order valence-electron chi connectivity index (χ3n) is 1.31. The van der Waals surface area contributed by atoms with Crippen molar-refractivity contribution in [3.8, 4) is 0 Å². The summed E-state index contributed by atoms with van der Waals surface area (Å²) >= 11 is 5.30. The van der Waals surface area contributed by atoms with Gasteiger partial charge in [0.1, 0.15) is 5.71 Å². The van der Waals surface area contributed by atoms with E-state index in [4.69, 9.17) is 11.6 Å². The molecule has 0 fully saturated rings. The lowest BCUT2D eigenvalue weighted by molar-refractivity contribution is -0.489. The molecule has 0 aliphatic carbocycles. The molecule has 1 rings (SSSR count). The Labute approximate surface area is 72.1 Å². The quantitative estimate of drug-likeness (QED) is 0.336. The van der Waals surface area contributed by atoms with Crippen LogP contribution in [0.2, 0.25) is 0 Å². The fraction of sp³-hybridized carbons (Fsp3) is 0.400. The highest BCUT2D eigenvalue weighted by molar-refractivity contribution is 6.67. The summed E-state index contributed by atoms with van der Waals surface area (Å²) in [5, 5.41) is 10.0. The van der Waals surface area contributed by atoms with Crippen LogP contribution in [0.3, 0.4) is 0 Å². The normalized spacial score (nSPS) is 23.2. The monoisotopic (exact) mass is 189 g/mol. The molecule has 0 saturated heterocycles. The van der Waals surface area contributed by atoms with E-state index in [1.54, 1.807) is 0 Å². The summed E-state index contributed by atoms with van der Waals surface area (Å²) in [6.45, 7) is 1.36. The van der Waals surface area contributed by atoms with Gasteiger partial charge in [0.2, 0.25) is 5.29 Å². The van der Waals surface area contributed by atoms with Gasteiger partial charge < -0.3 is 0 Å². The number of carbonyl (C=O) groups excluding carboxylic acids is 1. The van der Waals surface area contributed by atoms with E-state index < -0.39 is 16.9 Å². The number of rotatable bonds is 1. The Morgan fingerprint density at radius 1 is 1.58 bits per heavy atom. The minimum Gasteiger partial charge on any atom is -0.264 e. The van der Waals surface area contributed by atoms with Crippen LogP contribution < -0.4 is 0 Å². The minimum atomic E-state index is -1.47. The van der Waals surface area contributed by atoms with E-state index in [-0.39, 0.29) is 11.0 Å². The summed E-state index contributed by atoms with van der Waals surface area (Å²) in [5.41, 5.74) is 0.0602. The van der Waals surface area contributed by atoms with Crippen LogP contribution in [0, 0.1) is 10.1 Å². The van der Waals surface area contributed by atoms with Gasteiger partial charge in [-0.1, -0.05) is 0 Å². The molecule has 1 atom stereocenters. The summed E-state index contributed by atoms with van der Waals surface area (Å²) in [5.74, 6) is -0.877. The molecular formula is C5H4ClN3O3. The summed E-state index contributed by atoms with van der Waals surface area (Å²) in [6, 6.07) is -1.47. The van der Waals surface area contributed by atoms with Crippen LogP contribution in [0.5, 0.6) is 0 Å². The highest BCUT2D eigenvalue weighted by atomic mass is 35.5. The summed E-state index contributed by atoms with van der Waals surface area (Å²) in [4.78, 5) is 27.0. The van der Waals surface area contributed by atoms with Gasteiger partial charge in [-0.3, -0.25) is 14.9 Å². The van der Waals surface area contributed by atoms with Crippen LogP contribution in [-0.4, -0.2) is 27.9 Å². The van der Waals surface area contributed by atoms with Gasteiger partial charge in [-0.05, 0) is 18.5 Å². The molecule has 0 radical (unpaired) electrons. The number of amidine groups is 1. The van der Waals surface area contributed by atoms with Crippen molar-refractivity contribution in [2.24, 2.45) is 9.98 Å². The third-order valence-corrected chi connectivity index (χ3v) is 1.48. The van der Waals surface area contributed by atoms with E-state index >= 15 is 0 Å². The number of halogens is 1. The first-order valence-corrected chi connectivity index (χ1v) is 3.37. The number of hydrogen-bond acceptors (Lipinski definition) is 4. The smallest absolute Gasteiger partial charge is 0.264 e. The summed E-state index contributed by atoms with van der Waals surface area (Å²) in [6.07, 6.45) is 0. The lowest BCUT2D eigenvalue weighted by atomic mass is 10.2. The van der Waals surface area contributed by atoms with Crippen molar-refractivity contribution in [3.05, 3.63) is 10.1 Å². The molecule has 64 valence electrons. The number of hydrogen-bond donors (Lipinski definition) is 0. The molecule has 0 N–H and O–H groups in total. The van der Waals surface area contributed by atoms with Crippen LogP contribution >= 0.6 is 11.6 Å². The lowest BCUT2D eigenvalue weighted by Crippen LogP contribution is -2.38. The fourth-order valence-electron chi connectivity index (χ4n) is 0.805. The third kappa shape index (κ3) is 1.48. The Bertz CT molecular complexity index is 309. The van der Waals surface area contributed by atoms with Gasteiger partial charge in [-0.2, -0.15) is 4.99 Å². The van der Waals surface area contributed by atoms with Gasteiger partial charge in [0.25, 0.3) is 0 Å². The Morgan fingerprint density at radius 2 is 2.17 bits per heavy atom. The molecular weight excluding hydrogens is 186 g/mol. The maximum absolute atomic E-state index is 10.9. The molecule has 0 spiro atoms. The molecule has 0 saturated carbocycles. The van der Waals surface area contributed by atoms with Crippen molar-refractivity contribution < 1.29 is 9.72 Å². The molecule has 1 aliphatic heterocycles. The van der Waals surface area contributed by atoms with E-state index in [0.717, 1.165) is 0 Å². The molecule has 0 unspecified atom stereocenters. The zero-order valence-electron chi connectivity index (χ0n) is 6.02. The molecule has 1 aliphatic rings. The largest absolute Gasteiger partial charge is 0.329 e. The van der Waals surface area contributed by atoms with Crippen molar-refractivity contribution >= 4 is 28.5 Å². The second-order valence-electron chi connectivity index (χ2n) is 2.16. The van der Waals surface area contributed by atoms with Crippen molar-refractivity contribution in [3.63, 3.8) is 0 Å². The molecule has 0 bridgehead atoms. The standard InChI is InChI=1S/C5H4ClN3O3/c1-2-3(9(11)12)4(10)8-5(6)7-2/h3H,1H3/t3-/m1/s1. The zero-order valence-corrected chi connectivity index (χ0v) is 6.78. The predicted octanol–water partition coefficient (Wildman–Crippen LogP) is 0.228. The van der Waals surface area contributed by atoms with Crippen LogP contribution in [0.15, 0.2) is 9.98 Å². The van der Waals surface area contributed by atoms with Crippen LogP contribution in [0.4, 0.5) is 0 Å². The Hall–Kier alpha value is -1.30. The van der Waals surface area contributed by atoms with Gasteiger partial charge in [-0.15, -0.1) is 0 Å². The van der Waals surface area contributed by atoms with E-state index in [0.29, 0.717) is 0 Å². The molecule has 12 heavy (non-hydrogen) atoms. The molecule has 6 nitrogen and oxygen atoms in total. The van der Waals surface area contributed by atoms with Crippen molar-refractivity contribution in [1.82, 2.24) is 0 Å². The number of aliphatic imine (C=N–C) groups is 2. The van der Waals surface area contributed by atoms with Gasteiger partial charge in [0.15, 0.2) is 0 Å². The van der Waals surface area contributed by atoms with E-state index in [2.05, 4.69) is 9.98 Å². The van der Waals surface area contributed by atoms with Crippen molar-refractivity contribution in [2.75, 3.05) is 0 Å². The Kier molecular flexibility index (Phi) is 2.18. The van der Waals surface area contributed by atoms with E-state index in [9.17, 15) is 14.9 Å². The molecule has 0 aromatic carbocycles. The predicted molar refractivity (Wildman–Crippen MR) is 42.2 cm³/mol. The average Bonchev–Trinajstić information content (AvgIpc) is 1.82. The molecule has 0 aromatic heterocycles. The molecule has 1 amide bonds. The molecule has 0 aromatic rings. The topological polar surface area (TPSA) is 84.9 Å². The second kappa shape index (κ2) is 2.98. The first kappa shape index (κ1) is 8.79. The first-order chi connectivity index (χ1) is 5.52. The highest BCUT2D eigenvalue weighted by Gasteiger charge is 2.35. The summed E-state index contributed by atoms with van der Waals surface area (Å²) < 4.78 is 0. The first-order valence-electron chi connectivity index (χ1n) is 2.99. The SMILES string of the molecule is CC1=NC(Cl)=NC(=O)[C@@H]1[N+](=O)[O-]. The van der Waals surface area contributed by atoms with Crippen LogP contribution in [0.1, 0.15) is 6.92 Å². The number of amides is 1. The van der Waals surface area contributed by atoms with E-state index in [1.807, 2.05) is 0 Å². The van der Waals surface area contributed by atoms with Crippen molar-refractivity contribution in [1.29, 1.82) is 0 Å². The Balaban J connectivity index is 3.03. The van der Waals surface area contributed by atoms with Crippen molar-refractivity contribution in [2.45, 2.75) is 13.0 Å². The maximum Gasteiger partial charge on any atom is 0.329 e. The maximum atomic E-state index is 10.9. The van der Waals surface area contributed by atoms with Gasteiger partial charge >= 0.3 is 11.9 Å². The van der Waals surface area contributed by atoms with Gasteiger partial charge in [-0.25, -0.2) is 4.99 Å². The van der Waals surface area contributed by atoms with Gasteiger partial charge in [0.05, 0.1) is 0 Å². The van der Waals surface area contributed by atoms with Crippen LogP contribution in [0.25, 0.3) is 0 Å². The average molecular weight is 190 g/mol. The second-order valence-corrected chi connectivity index (χ2v) is 2.50. The number of nitro groups is 1. The Morgan fingerprint density at radius 3 is 2.58 bits per heavy atom. The van der Waals surface area contributed by atoms with Crippen LogP contribution in [-0.2, 0) is 4.79 Å².